The first-order valence-corrected chi connectivity index (χ1v) is 7.65. The number of halogens is 3. The first kappa shape index (κ1) is 16.1. The minimum Gasteiger partial charge on any atom is -0.382 e. The lowest BCUT2D eigenvalue weighted by Crippen LogP contribution is -2.11. The summed E-state index contributed by atoms with van der Waals surface area (Å²) in [4.78, 5) is 4.45. The molecule has 4 rings (SSSR count). The molecule has 0 radical (unpaired) electrons. The van der Waals surface area contributed by atoms with Gasteiger partial charge in [-0.05, 0) is 18.2 Å². The van der Waals surface area contributed by atoms with E-state index >= 15 is 0 Å². The van der Waals surface area contributed by atoms with Crippen LogP contribution in [-0.2, 0) is 13.2 Å². The van der Waals surface area contributed by atoms with Crippen LogP contribution in [-0.4, -0.2) is 24.4 Å². The van der Waals surface area contributed by atoms with E-state index < -0.39 is 11.9 Å². The maximum Gasteiger partial charge on any atom is 0.433 e. The molecule has 0 amide bonds. The Labute approximate surface area is 145 Å². The standard InChI is InChI=1S/C17H13F3N6/c1-25-14(17(18,19)20)8-12(23-25)10-2-4-11(5-3-10)13-9-26-16(22-13)7-6-15(21)24-26/h2-9H,1H3,(H2,21,24). The Morgan fingerprint density at radius 2 is 1.58 bits per heavy atom. The lowest BCUT2D eigenvalue weighted by molar-refractivity contribution is -0.143. The van der Waals surface area contributed by atoms with E-state index in [1.165, 1.54) is 7.05 Å². The van der Waals surface area contributed by atoms with Crippen LogP contribution in [0.3, 0.4) is 0 Å². The molecule has 0 bridgehead atoms. The Balaban J connectivity index is 1.68. The van der Waals surface area contributed by atoms with Gasteiger partial charge >= 0.3 is 6.18 Å². The molecule has 0 saturated heterocycles. The Kier molecular flexibility index (Phi) is 3.46. The topological polar surface area (TPSA) is 74.0 Å². The van der Waals surface area contributed by atoms with Crippen molar-refractivity contribution in [3.63, 3.8) is 0 Å². The Bertz CT molecular complexity index is 1090. The maximum absolute atomic E-state index is 12.9. The zero-order valence-electron chi connectivity index (χ0n) is 13.6. The quantitative estimate of drug-likeness (QED) is 0.596. The summed E-state index contributed by atoms with van der Waals surface area (Å²) in [5.41, 5.74) is 7.86. The molecule has 3 heterocycles. The number of rotatable bonds is 2. The van der Waals surface area contributed by atoms with Gasteiger partial charge in [-0.1, -0.05) is 24.3 Å². The zero-order valence-corrected chi connectivity index (χ0v) is 13.6. The second-order valence-corrected chi connectivity index (χ2v) is 5.80. The summed E-state index contributed by atoms with van der Waals surface area (Å²) in [6.45, 7) is 0. The van der Waals surface area contributed by atoms with E-state index in [0.717, 1.165) is 16.3 Å². The number of benzene rings is 1. The van der Waals surface area contributed by atoms with Crippen LogP contribution in [0.2, 0.25) is 0 Å². The molecule has 0 aliphatic carbocycles. The van der Waals surface area contributed by atoms with Crippen LogP contribution in [0, 0.1) is 0 Å². The fourth-order valence-electron chi connectivity index (χ4n) is 2.72. The summed E-state index contributed by atoms with van der Waals surface area (Å²) in [6, 6.07) is 11.4. The van der Waals surface area contributed by atoms with Crippen molar-refractivity contribution in [2.75, 3.05) is 5.73 Å². The van der Waals surface area contributed by atoms with Gasteiger partial charge < -0.3 is 5.73 Å². The summed E-state index contributed by atoms with van der Waals surface area (Å²) < 4.78 is 41.1. The largest absolute Gasteiger partial charge is 0.433 e. The minimum absolute atomic E-state index is 0.260. The van der Waals surface area contributed by atoms with Crippen molar-refractivity contribution in [3.05, 3.63) is 54.4 Å². The highest BCUT2D eigenvalue weighted by atomic mass is 19.4. The number of nitrogens with zero attached hydrogens (tertiary/aromatic N) is 5. The first-order chi connectivity index (χ1) is 12.3. The molecule has 0 spiro atoms. The van der Waals surface area contributed by atoms with E-state index in [0.29, 0.717) is 22.7 Å². The fourth-order valence-corrected chi connectivity index (χ4v) is 2.72. The molecule has 0 aliphatic heterocycles. The second kappa shape index (κ2) is 5.58. The molecule has 3 aromatic heterocycles. The van der Waals surface area contributed by atoms with E-state index in [-0.39, 0.29) is 5.69 Å². The highest BCUT2D eigenvalue weighted by Crippen LogP contribution is 2.32. The third kappa shape index (κ3) is 2.77. The van der Waals surface area contributed by atoms with Gasteiger partial charge in [0.15, 0.2) is 5.65 Å². The molecule has 132 valence electrons. The van der Waals surface area contributed by atoms with Crippen LogP contribution in [0.1, 0.15) is 5.69 Å². The van der Waals surface area contributed by atoms with E-state index in [1.807, 2.05) is 0 Å². The van der Waals surface area contributed by atoms with E-state index in [9.17, 15) is 13.2 Å². The van der Waals surface area contributed by atoms with Crippen LogP contribution in [0.4, 0.5) is 19.0 Å². The summed E-state index contributed by atoms with van der Waals surface area (Å²) in [7, 11) is 1.27. The molecule has 0 atom stereocenters. The van der Waals surface area contributed by atoms with Gasteiger partial charge in [0.05, 0.1) is 17.6 Å². The van der Waals surface area contributed by atoms with Gasteiger partial charge in [0, 0.05) is 18.2 Å². The summed E-state index contributed by atoms with van der Waals surface area (Å²) in [5, 5.41) is 8.08. The van der Waals surface area contributed by atoms with Crippen LogP contribution in [0.15, 0.2) is 48.7 Å². The first-order valence-electron chi connectivity index (χ1n) is 7.65. The van der Waals surface area contributed by atoms with Gasteiger partial charge in [0.25, 0.3) is 0 Å². The van der Waals surface area contributed by atoms with Crippen molar-refractivity contribution < 1.29 is 13.2 Å². The number of anilines is 1. The van der Waals surface area contributed by atoms with Crippen molar-refractivity contribution >= 4 is 11.5 Å². The van der Waals surface area contributed by atoms with Crippen LogP contribution in [0.5, 0.6) is 0 Å². The number of aryl methyl sites for hydroxylation is 1. The fraction of sp³-hybridized carbons (Fsp3) is 0.118. The highest BCUT2D eigenvalue weighted by Gasteiger charge is 2.35. The van der Waals surface area contributed by atoms with Crippen LogP contribution >= 0.6 is 0 Å². The van der Waals surface area contributed by atoms with Gasteiger partial charge in [-0.3, -0.25) is 4.68 Å². The SMILES string of the molecule is Cn1nc(-c2ccc(-c3cn4nc(N)ccc4n3)cc2)cc1C(F)(F)F. The molecule has 0 fully saturated rings. The average molecular weight is 358 g/mol. The van der Waals surface area contributed by atoms with Gasteiger partial charge in [-0.15, -0.1) is 5.10 Å². The summed E-state index contributed by atoms with van der Waals surface area (Å²) in [5.74, 6) is 0.382. The lowest BCUT2D eigenvalue weighted by atomic mass is 10.1. The molecule has 0 saturated carbocycles. The third-order valence-electron chi connectivity index (χ3n) is 3.99. The molecule has 0 aliphatic rings. The molecular weight excluding hydrogens is 345 g/mol. The normalized spacial score (nSPS) is 12.0. The van der Waals surface area contributed by atoms with Crippen molar-refractivity contribution in [2.45, 2.75) is 6.18 Å². The van der Waals surface area contributed by atoms with Gasteiger partial charge in [0.2, 0.25) is 0 Å². The predicted molar refractivity (Wildman–Crippen MR) is 90.0 cm³/mol. The number of hydrogen-bond acceptors (Lipinski definition) is 4. The van der Waals surface area contributed by atoms with Crippen molar-refractivity contribution in [1.29, 1.82) is 0 Å². The molecular formula is C17H13F3N6. The van der Waals surface area contributed by atoms with Crippen LogP contribution in [0.25, 0.3) is 28.2 Å². The number of nitrogen functional groups attached to an aromatic ring is 1. The number of imidazole rings is 1. The molecule has 2 N–H and O–H groups in total. The number of hydrogen-bond donors (Lipinski definition) is 1. The van der Waals surface area contributed by atoms with Gasteiger partial charge in [-0.2, -0.15) is 18.3 Å². The maximum atomic E-state index is 12.9. The van der Waals surface area contributed by atoms with Gasteiger partial charge in [-0.25, -0.2) is 9.50 Å². The zero-order chi connectivity index (χ0) is 18.5. The summed E-state index contributed by atoms with van der Waals surface area (Å²) >= 11 is 0. The molecule has 1 aromatic carbocycles. The average Bonchev–Trinajstić information content (AvgIpc) is 3.17. The molecule has 0 unspecified atom stereocenters. The number of aromatic nitrogens is 5. The van der Waals surface area contributed by atoms with Crippen molar-refractivity contribution in [3.8, 4) is 22.5 Å². The van der Waals surface area contributed by atoms with E-state index in [1.54, 1.807) is 47.1 Å². The van der Waals surface area contributed by atoms with Crippen LogP contribution < -0.4 is 5.73 Å². The number of alkyl halides is 3. The molecule has 9 heteroatoms. The molecule has 26 heavy (non-hydrogen) atoms. The molecule has 4 aromatic rings. The van der Waals surface area contributed by atoms with E-state index in [4.69, 9.17) is 5.73 Å². The Morgan fingerprint density at radius 3 is 2.19 bits per heavy atom. The highest BCUT2D eigenvalue weighted by molar-refractivity contribution is 5.68. The number of nitrogens with two attached hydrogens (primary N) is 1. The monoisotopic (exact) mass is 358 g/mol. The number of fused-ring (bicyclic) bond motifs is 1. The minimum atomic E-state index is -4.44. The third-order valence-corrected chi connectivity index (χ3v) is 3.99. The Morgan fingerprint density at radius 1 is 0.923 bits per heavy atom. The smallest absolute Gasteiger partial charge is 0.382 e. The van der Waals surface area contributed by atoms with Crippen molar-refractivity contribution in [2.24, 2.45) is 7.05 Å². The van der Waals surface area contributed by atoms with Crippen molar-refractivity contribution in [1.82, 2.24) is 24.4 Å². The summed E-state index contributed by atoms with van der Waals surface area (Å²) in [6.07, 6.45) is -2.70. The predicted octanol–water partition coefficient (Wildman–Crippen LogP) is 3.40. The van der Waals surface area contributed by atoms with E-state index in [2.05, 4.69) is 15.2 Å². The second-order valence-electron chi connectivity index (χ2n) is 5.80. The lowest BCUT2D eigenvalue weighted by Gasteiger charge is -2.04. The Hall–Kier alpha value is -3.36. The molecule has 6 nitrogen and oxygen atoms in total. The van der Waals surface area contributed by atoms with Gasteiger partial charge in [0.1, 0.15) is 11.5 Å².